The van der Waals surface area contributed by atoms with E-state index in [0.29, 0.717) is 0 Å². The molecule has 6 rings (SSSR count). The van der Waals surface area contributed by atoms with Crippen LogP contribution >= 0.6 is 0 Å². The molecule has 2 amide bonds. The van der Waals surface area contributed by atoms with Gasteiger partial charge in [-0.3, -0.25) is 9.59 Å². The fraction of sp³-hybridized carbons (Fsp3) is 0.269. The highest BCUT2D eigenvalue weighted by Crippen LogP contribution is 2.52. The predicted molar refractivity (Wildman–Crippen MR) is 119 cm³/mol. The van der Waals surface area contributed by atoms with Gasteiger partial charge in [-0.15, -0.1) is 0 Å². The first-order chi connectivity index (χ1) is 15.1. The monoisotopic (exact) mass is 409 g/mol. The molecule has 4 atom stereocenters. The molecule has 1 saturated heterocycles. The number of hydrazone groups is 1. The standard InChI is InChI=1S/C26H23N3O2/c1-16-6-2-3-7-19(16)14-28-15-20(21-8-4-5-9-22(21)28)13-27-29-25(30)23-17-10-11-18(12-17)24(23)26(29)31/h2-11,13,15,17-18,23-24H,12,14H2,1H3/b27-13-/t17-,18-,23+,24+/m0/s1. The second-order valence-corrected chi connectivity index (χ2v) is 8.89. The van der Waals surface area contributed by atoms with Crippen molar-refractivity contribution >= 4 is 28.9 Å². The lowest BCUT2D eigenvalue weighted by atomic mass is 9.85. The van der Waals surface area contributed by atoms with Gasteiger partial charge in [0.05, 0.1) is 18.1 Å². The highest BCUT2D eigenvalue weighted by molar-refractivity contribution is 6.07. The van der Waals surface area contributed by atoms with E-state index in [4.69, 9.17) is 0 Å². The van der Waals surface area contributed by atoms with Crippen LogP contribution in [-0.2, 0) is 16.1 Å². The summed E-state index contributed by atoms with van der Waals surface area (Å²) >= 11 is 0. The Kier molecular flexibility index (Phi) is 4.00. The lowest BCUT2D eigenvalue weighted by Crippen LogP contribution is -2.28. The van der Waals surface area contributed by atoms with Crippen LogP contribution in [-0.4, -0.2) is 27.6 Å². The van der Waals surface area contributed by atoms with Crippen molar-refractivity contribution < 1.29 is 9.59 Å². The summed E-state index contributed by atoms with van der Waals surface area (Å²) in [6, 6.07) is 16.5. The Hall–Kier alpha value is -3.47. The Morgan fingerprint density at radius 3 is 2.39 bits per heavy atom. The van der Waals surface area contributed by atoms with Crippen LogP contribution in [0.1, 0.15) is 23.1 Å². The number of hydrogen-bond acceptors (Lipinski definition) is 3. The third-order valence-corrected chi connectivity index (χ3v) is 7.18. The van der Waals surface area contributed by atoms with E-state index < -0.39 is 0 Å². The fourth-order valence-corrected chi connectivity index (χ4v) is 5.60. The summed E-state index contributed by atoms with van der Waals surface area (Å²) in [7, 11) is 0. The summed E-state index contributed by atoms with van der Waals surface area (Å²) in [5, 5.41) is 6.57. The van der Waals surface area contributed by atoms with Crippen LogP contribution in [0, 0.1) is 30.6 Å². The average molecular weight is 409 g/mol. The minimum Gasteiger partial charge on any atom is -0.342 e. The number of carbonyl (C=O) groups excluding carboxylic acids is 2. The van der Waals surface area contributed by atoms with Crippen molar-refractivity contribution in [2.45, 2.75) is 19.9 Å². The Balaban J connectivity index is 1.33. The Morgan fingerprint density at radius 2 is 1.65 bits per heavy atom. The number of nitrogens with zero attached hydrogens (tertiary/aromatic N) is 3. The normalized spacial score (nSPS) is 26.7. The molecule has 2 heterocycles. The van der Waals surface area contributed by atoms with E-state index in [2.05, 4.69) is 65.3 Å². The molecule has 1 saturated carbocycles. The van der Waals surface area contributed by atoms with Crippen LogP contribution < -0.4 is 0 Å². The minimum atomic E-state index is -0.220. The van der Waals surface area contributed by atoms with Gasteiger partial charge in [-0.25, -0.2) is 0 Å². The third kappa shape index (κ3) is 2.73. The predicted octanol–water partition coefficient (Wildman–Crippen LogP) is 4.14. The Bertz CT molecular complexity index is 1250. The molecule has 2 bridgehead atoms. The highest BCUT2D eigenvalue weighted by Gasteiger charge is 2.59. The van der Waals surface area contributed by atoms with Crippen molar-refractivity contribution in [1.29, 1.82) is 0 Å². The van der Waals surface area contributed by atoms with Crippen molar-refractivity contribution in [2.24, 2.45) is 28.8 Å². The zero-order valence-electron chi connectivity index (χ0n) is 17.3. The number of carbonyl (C=O) groups is 2. The molecule has 0 N–H and O–H groups in total. The second kappa shape index (κ2) is 6.77. The SMILES string of the molecule is Cc1ccccc1Cn1cc(/C=N\N2C(=O)[C@H]3[C@H](C2=O)[C@H]2C=C[C@H]3C2)c2ccccc21. The maximum absolute atomic E-state index is 12.9. The van der Waals surface area contributed by atoms with Crippen LogP contribution in [0.5, 0.6) is 0 Å². The summed E-state index contributed by atoms with van der Waals surface area (Å²) in [6.45, 7) is 2.87. The number of aryl methyl sites for hydroxylation is 1. The van der Waals surface area contributed by atoms with E-state index in [0.717, 1.165) is 34.4 Å². The summed E-state index contributed by atoms with van der Waals surface area (Å²) in [5.41, 5.74) is 4.51. The molecule has 5 heteroatoms. The number of hydrogen-bond donors (Lipinski definition) is 0. The maximum atomic E-state index is 12.9. The van der Waals surface area contributed by atoms with Gasteiger partial charge in [0.15, 0.2) is 0 Å². The van der Waals surface area contributed by atoms with Gasteiger partial charge in [0, 0.05) is 29.2 Å². The van der Waals surface area contributed by atoms with Crippen LogP contribution in [0.15, 0.2) is 72.0 Å². The molecule has 2 fully saturated rings. The molecular weight excluding hydrogens is 386 g/mol. The van der Waals surface area contributed by atoms with E-state index in [1.165, 1.54) is 11.1 Å². The molecule has 1 aromatic heterocycles. The largest absolute Gasteiger partial charge is 0.342 e. The van der Waals surface area contributed by atoms with Crippen molar-refractivity contribution in [3.05, 3.63) is 83.6 Å². The number of para-hydroxylation sites is 1. The molecule has 0 spiro atoms. The zero-order valence-corrected chi connectivity index (χ0v) is 17.3. The van der Waals surface area contributed by atoms with Gasteiger partial charge >= 0.3 is 0 Å². The third-order valence-electron chi connectivity index (χ3n) is 7.18. The molecule has 154 valence electrons. The molecule has 0 unspecified atom stereocenters. The molecule has 1 aliphatic heterocycles. The number of amides is 2. The maximum Gasteiger partial charge on any atom is 0.254 e. The number of fused-ring (bicyclic) bond motifs is 6. The van der Waals surface area contributed by atoms with Crippen molar-refractivity contribution in [1.82, 2.24) is 9.58 Å². The molecule has 0 radical (unpaired) electrons. The number of allylic oxidation sites excluding steroid dienone is 2. The number of rotatable bonds is 4. The van der Waals surface area contributed by atoms with Gasteiger partial charge in [0.2, 0.25) is 0 Å². The van der Waals surface area contributed by atoms with Crippen molar-refractivity contribution in [3.63, 3.8) is 0 Å². The first kappa shape index (κ1) is 18.3. The van der Waals surface area contributed by atoms with E-state index in [9.17, 15) is 9.59 Å². The van der Waals surface area contributed by atoms with Crippen molar-refractivity contribution in [2.75, 3.05) is 0 Å². The van der Waals surface area contributed by atoms with Crippen LogP contribution in [0.2, 0.25) is 0 Å². The molecule has 31 heavy (non-hydrogen) atoms. The molecule has 5 nitrogen and oxygen atoms in total. The fourth-order valence-electron chi connectivity index (χ4n) is 5.60. The van der Waals surface area contributed by atoms with E-state index in [-0.39, 0.29) is 35.5 Å². The molecule has 2 aliphatic carbocycles. The average Bonchev–Trinajstić information content (AvgIpc) is 3.53. The van der Waals surface area contributed by atoms with E-state index in [1.807, 2.05) is 18.2 Å². The number of benzene rings is 2. The van der Waals surface area contributed by atoms with Crippen LogP contribution in [0.4, 0.5) is 0 Å². The molecule has 2 aromatic carbocycles. The Labute approximate surface area is 180 Å². The zero-order chi connectivity index (χ0) is 21.1. The van der Waals surface area contributed by atoms with E-state index in [1.54, 1.807) is 6.21 Å². The second-order valence-electron chi connectivity index (χ2n) is 8.89. The first-order valence-corrected chi connectivity index (χ1v) is 10.8. The highest BCUT2D eigenvalue weighted by atomic mass is 16.2. The molecule has 3 aliphatic rings. The Morgan fingerprint density at radius 1 is 0.968 bits per heavy atom. The summed E-state index contributed by atoms with van der Waals surface area (Å²) in [6.07, 6.45) is 8.85. The number of imide groups is 1. The topological polar surface area (TPSA) is 54.7 Å². The van der Waals surface area contributed by atoms with E-state index >= 15 is 0 Å². The van der Waals surface area contributed by atoms with Gasteiger partial charge in [0.25, 0.3) is 11.8 Å². The quantitative estimate of drug-likeness (QED) is 0.369. The first-order valence-electron chi connectivity index (χ1n) is 10.8. The molecule has 3 aromatic rings. The number of aromatic nitrogens is 1. The van der Waals surface area contributed by atoms with Gasteiger partial charge in [-0.05, 0) is 42.4 Å². The lowest BCUT2D eigenvalue weighted by molar-refractivity contribution is -0.140. The molecular formula is C26H23N3O2. The lowest BCUT2D eigenvalue weighted by Gasteiger charge is -2.13. The smallest absolute Gasteiger partial charge is 0.254 e. The van der Waals surface area contributed by atoms with Gasteiger partial charge in [-0.2, -0.15) is 10.1 Å². The van der Waals surface area contributed by atoms with Gasteiger partial charge < -0.3 is 4.57 Å². The summed E-state index contributed by atoms with van der Waals surface area (Å²) in [5.74, 6) is -0.340. The summed E-state index contributed by atoms with van der Waals surface area (Å²) < 4.78 is 2.20. The van der Waals surface area contributed by atoms with Gasteiger partial charge in [0.1, 0.15) is 0 Å². The minimum absolute atomic E-state index is 0.147. The van der Waals surface area contributed by atoms with Crippen LogP contribution in [0.25, 0.3) is 10.9 Å². The van der Waals surface area contributed by atoms with Crippen molar-refractivity contribution in [3.8, 4) is 0 Å². The summed E-state index contributed by atoms with van der Waals surface area (Å²) in [4.78, 5) is 25.8. The van der Waals surface area contributed by atoms with Gasteiger partial charge in [-0.1, -0.05) is 54.6 Å². The van der Waals surface area contributed by atoms with Crippen LogP contribution in [0.3, 0.4) is 0 Å².